The average Bonchev–Trinajstić information content (AvgIpc) is 3.08. The number of allylic oxidation sites excluding steroid dienone is 6. The van der Waals surface area contributed by atoms with E-state index in [0.717, 1.165) is 70.6 Å². The Morgan fingerprint density at radius 2 is 1.14 bits per heavy atom. The van der Waals surface area contributed by atoms with Gasteiger partial charge < -0.3 is 19.3 Å². The van der Waals surface area contributed by atoms with Crippen molar-refractivity contribution in [2.24, 2.45) is 0 Å². The van der Waals surface area contributed by atoms with Gasteiger partial charge in [0.25, 0.3) is 0 Å². The Bertz CT molecular complexity index is 936. The van der Waals surface area contributed by atoms with Gasteiger partial charge in [0.15, 0.2) is 6.10 Å². The van der Waals surface area contributed by atoms with Crippen LogP contribution < -0.4 is 0 Å². The van der Waals surface area contributed by atoms with Gasteiger partial charge >= 0.3 is 19.8 Å². The number of phosphoric acid groups is 1. The van der Waals surface area contributed by atoms with Gasteiger partial charge in [0, 0.05) is 19.4 Å². The maximum absolute atomic E-state index is 12.6. The van der Waals surface area contributed by atoms with Gasteiger partial charge in [-0.2, -0.15) is 0 Å². The van der Waals surface area contributed by atoms with Gasteiger partial charge in [-0.05, 0) is 59.0 Å². The lowest BCUT2D eigenvalue weighted by Gasteiger charge is -2.20. The monoisotopic (exact) mass is 728 g/mol. The van der Waals surface area contributed by atoms with E-state index in [1.807, 2.05) is 19.0 Å². The fourth-order valence-corrected chi connectivity index (χ4v) is 5.91. The maximum Gasteiger partial charge on any atom is 0.472 e. The molecule has 2 atom stereocenters. The summed E-state index contributed by atoms with van der Waals surface area (Å²) in [5, 5.41) is 0. The second-order valence-corrected chi connectivity index (χ2v) is 14.9. The van der Waals surface area contributed by atoms with Crippen molar-refractivity contribution in [3.05, 3.63) is 36.5 Å². The summed E-state index contributed by atoms with van der Waals surface area (Å²) >= 11 is 0. The average molecular weight is 728 g/mol. The smallest absolute Gasteiger partial charge is 0.462 e. The third kappa shape index (κ3) is 36.0. The molecule has 0 fully saturated rings. The molecular formula is C40H74NO8P. The highest BCUT2D eigenvalue weighted by atomic mass is 31.2. The van der Waals surface area contributed by atoms with Crippen LogP contribution in [0.3, 0.4) is 0 Å². The molecule has 0 saturated carbocycles. The first kappa shape index (κ1) is 48.2. The fraction of sp³-hybridized carbons (Fsp3) is 0.800. The van der Waals surface area contributed by atoms with Gasteiger partial charge in [-0.25, -0.2) is 4.57 Å². The van der Waals surface area contributed by atoms with Crippen LogP contribution in [-0.4, -0.2) is 68.3 Å². The topological polar surface area (TPSA) is 112 Å². The number of rotatable bonds is 36. The van der Waals surface area contributed by atoms with Crippen molar-refractivity contribution in [3.8, 4) is 0 Å². The Morgan fingerprint density at radius 3 is 1.70 bits per heavy atom. The minimum absolute atomic E-state index is 0.00486. The third-order valence-electron chi connectivity index (χ3n) is 8.21. The summed E-state index contributed by atoms with van der Waals surface area (Å²) in [4.78, 5) is 36.9. The molecule has 0 aromatic rings. The molecule has 0 saturated heterocycles. The van der Waals surface area contributed by atoms with Gasteiger partial charge in [-0.1, -0.05) is 140 Å². The quantitative estimate of drug-likeness (QED) is 0.0292. The molecule has 9 nitrogen and oxygen atoms in total. The zero-order chi connectivity index (χ0) is 37.0. The van der Waals surface area contributed by atoms with Crippen molar-refractivity contribution in [2.75, 3.05) is 40.5 Å². The number of likely N-dealkylation sites (N-methyl/N-ethyl adjacent to an activating group) is 1. The van der Waals surface area contributed by atoms with Crippen molar-refractivity contribution >= 4 is 19.8 Å². The molecule has 0 aromatic carbocycles. The molecule has 0 aromatic heterocycles. The van der Waals surface area contributed by atoms with Crippen LogP contribution in [0.1, 0.15) is 162 Å². The SMILES string of the molecule is CC/C=C\C/C=C\C/C=C\CCCCCCCC(=O)OCC(COP(=O)(O)OCCN(C)C)OC(=O)CCCCCCCCCCCCCC. The summed E-state index contributed by atoms with van der Waals surface area (Å²) in [6.07, 6.45) is 36.1. The highest BCUT2D eigenvalue weighted by Gasteiger charge is 2.26. The molecule has 50 heavy (non-hydrogen) atoms. The van der Waals surface area contributed by atoms with Gasteiger partial charge in [0.2, 0.25) is 0 Å². The van der Waals surface area contributed by atoms with E-state index in [1.165, 1.54) is 57.8 Å². The molecule has 0 aliphatic carbocycles. The van der Waals surface area contributed by atoms with Crippen molar-refractivity contribution in [3.63, 3.8) is 0 Å². The van der Waals surface area contributed by atoms with Crippen LogP contribution in [0.15, 0.2) is 36.5 Å². The first-order valence-electron chi connectivity index (χ1n) is 19.8. The Labute approximate surface area is 306 Å². The summed E-state index contributed by atoms with van der Waals surface area (Å²) in [5.41, 5.74) is 0. The summed E-state index contributed by atoms with van der Waals surface area (Å²) in [6.45, 7) is 4.18. The van der Waals surface area contributed by atoms with Crippen LogP contribution in [0, 0.1) is 0 Å². The standard InChI is InChI=1S/C40H74NO8P/c1-5-7-9-11-13-15-17-19-20-21-23-24-26-28-30-32-39(42)46-36-38(37-48-50(44,45)47-35-34-41(3)4)49-40(43)33-31-29-27-25-22-18-16-14-12-10-8-6-2/h7,9,13,15,19-20,38H,5-6,8,10-12,14,16-18,21-37H2,1-4H3,(H,44,45)/b9-7-,15-13-,20-19-. The van der Waals surface area contributed by atoms with Crippen molar-refractivity contribution in [1.82, 2.24) is 4.90 Å². The second kappa shape index (κ2) is 35.6. The summed E-state index contributed by atoms with van der Waals surface area (Å²) in [7, 11) is -0.717. The molecule has 292 valence electrons. The van der Waals surface area contributed by atoms with E-state index in [1.54, 1.807) is 0 Å². The van der Waals surface area contributed by atoms with E-state index in [-0.39, 0.29) is 32.0 Å². The van der Waals surface area contributed by atoms with E-state index in [9.17, 15) is 19.0 Å². The molecular weight excluding hydrogens is 653 g/mol. The second-order valence-electron chi connectivity index (χ2n) is 13.4. The van der Waals surface area contributed by atoms with Gasteiger partial charge in [0.05, 0.1) is 13.2 Å². The zero-order valence-corrected chi connectivity index (χ0v) is 33.2. The van der Waals surface area contributed by atoms with Crippen LogP contribution in [0.25, 0.3) is 0 Å². The molecule has 0 amide bonds. The Balaban J connectivity index is 4.36. The van der Waals surface area contributed by atoms with Crippen molar-refractivity contribution in [1.29, 1.82) is 0 Å². The van der Waals surface area contributed by atoms with Gasteiger partial charge in [-0.15, -0.1) is 0 Å². The largest absolute Gasteiger partial charge is 0.472 e. The minimum Gasteiger partial charge on any atom is -0.462 e. The number of esters is 2. The van der Waals surface area contributed by atoms with Gasteiger partial charge in [0.1, 0.15) is 6.61 Å². The molecule has 10 heteroatoms. The lowest BCUT2D eigenvalue weighted by atomic mass is 10.0. The van der Waals surface area contributed by atoms with E-state index < -0.39 is 26.5 Å². The predicted molar refractivity (Wildman–Crippen MR) is 206 cm³/mol. The normalized spacial score (nSPS) is 13.9. The van der Waals surface area contributed by atoms with E-state index in [2.05, 4.69) is 50.3 Å². The Kier molecular flexibility index (Phi) is 34.4. The number of carbonyl (C=O) groups excluding carboxylic acids is 2. The van der Waals surface area contributed by atoms with E-state index in [4.69, 9.17) is 18.5 Å². The number of phosphoric ester groups is 1. The first-order chi connectivity index (χ1) is 24.2. The molecule has 0 aliphatic heterocycles. The molecule has 0 rings (SSSR count). The van der Waals surface area contributed by atoms with Crippen molar-refractivity contribution < 1.29 is 37.6 Å². The number of nitrogens with zero attached hydrogens (tertiary/aromatic N) is 1. The molecule has 0 heterocycles. The van der Waals surface area contributed by atoms with Crippen molar-refractivity contribution in [2.45, 2.75) is 168 Å². The highest BCUT2D eigenvalue weighted by molar-refractivity contribution is 7.47. The molecule has 0 spiro atoms. The molecule has 2 unspecified atom stereocenters. The molecule has 0 bridgehead atoms. The van der Waals surface area contributed by atoms with Crippen LogP contribution in [0.5, 0.6) is 0 Å². The summed E-state index contributed by atoms with van der Waals surface area (Å²) in [5.74, 6) is -0.822. The highest BCUT2D eigenvalue weighted by Crippen LogP contribution is 2.43. The zero-order valence-electron chi connectivity index (χ0n) is 32.3. The Morgan fingerprint density at radius 1 is 0.640 bits per heavy atom. The number of hydrogen-bond acceptors (Lipinski definition) is 8. The Hall–Kier alpha value is -1.77. The fourth-order valence-electron chi connectivity index (χ4n) is 5.17. The summed E-state index contributed by atoms with van der Waals surface area (Å²) < 4.78 is 33.3. The lowest BCUT2D eigenvalue weighted by molar-refractivity contribution is -0.161. The minimum atomic E-state index is -4.36. The molecule has 1 N–H and O–H groups in total. The first-order valence-corrected chi connectivity index (χ1v) is 21.3. The van der Waals surface area contributed by atoms with E-state index >= 15 is 0 Å². The number of unbranched alkanes of at least 4 members (excludes halogenated alkanes) is 16. The van der Waals surface area contributed by atoms with Crippen LogP contribution in [0.2, 0.25) is 0 Å². The van der Waals surface area contributed by atoms with Crippen LogP contribution in [-0.2, 0) is 32.7 Å². The van der Waals surface area contributed by atoms with E-state index in [0.29, 0.717) is 13.0 Å². The summed E-state index contributed by atoms with van der Waals surface area (Å²) in [6, 6.07) is 0. The lowest BCUT2D eigenvalue weighted by Crippen LogP contribution is -2.29. The van der Waals surface area contributed by atoms with Crippen LogP contribution >= 0.6 is 7.82 Å². The number of ether oxygens (including phenoxy) is 2. The number of hydrogen-bond donors (Lipinski definition) is 1. The molecule has 0 radical (unpaired) electrons. The number of carbonyl (C=O) groups is 2. The molecule has 0 aliphatic rings. The van der Waals surface area contributed by atoms with Crippen LogP contribution in [0.4, 0.5) is 0 Å². The third-order valence-corrected chi connectivity index (χ3v) is 9.20. The predicted octanol–water partition coefficient (Wildman–Crippen LogP) is 10.8. The maximum atomic E-state index is 12.6. The van der Waals surface area contributed by atoms with Gasteiger partial charge in [-0.3, -0.25) is 18.6 Å².